The van der Waals surface area contributed by atoms with Crippen LogP contribution in [-0.2, 0) is 7.05 Å². The Labute approximate surface area is 137 Å². The van der Waals surface area contributed by atoms with E-state index in [0.29, 0.717) is 21.6 Å². The van der Waals surface area contributed by atoms with Crippen LogP contribution >= 0.6 is 11.6 Å². The number of hydrogen-bond acceptors (Lipinski definition) is 2. The van der Waals surface area contributed by atoms with Crippen molar-refractivity contribution in [2.45, 2.75) is 13.0 Å². The first-order valence-corrected chi connectivity index (χ1v) is 7.58. The summed E-state index contributed by atoms with van der Waals surface area (Å²) in [5.74, 6) is -0.192. The molecule has 0 saturated carbocycles. The van der Waals surface area contributed by atoms with Gasteiger partial charge in [0.25, 0.3) is 5.91 Å². The number of rotatable bonds is 3. The molecule has 0 unspecified atom stereocenters. The maximum Gasteiger partial charge on any atom is 0.326 e. The molecule has 1 atom stereocenters. The number of nitrogens with one attached hydrogen (secondary N) is 2. The van der Waals surface area contributed by atoms with Crippen LogP contribution in [0.5, 0.6) is 0 Å². The Morgan fingerprint density at radius 2 is 1.91 bits per heavy atom. The first kappa shape index (κ1) is 15.4. The zero-order valence-corrected chi connectivity index (χ0v) is 13.5. The smallest absolute Gasteiger partial charge is 0.326 e. The van der Waals surface area contributed by atoms with Crippen molar-refractivity contribution in [3.05, 3.63) is 69.1 Å². The highest BCUT2D eigenvalue weighted by molar-refractivity contribution is 6.30. The molecular weight excluding hydrogens is 314 g/mol. The Kier molecular flexibility index (Phi) is 3.96. The normalized spacial score (nSPS) is 12.3. The highest BCUT2D eigenvalue weighted by atomic mass is 35.5. The summed E-state index contributed by atoms with van der Waals surface area (Å²) in [5, 5.41) is 3.60. The minimum Gasteiger partial charge on any atom is -0.346 e. The third-order valence-electron chi connectivity index (χ3n) is 3.89. The molecule has 1 heterocycles. The van der Waals surface area contributed by atoms with E-state index in [0.717, 1.165) is 5.56 Å². The molecule has 6 heteroatoms. The molecular formula is C17H16ClN3O2. The van der Waals surface area contributed by atoms with Gasteiger partial charge in [-0.2, -0.15) is 0 Å². The quantitative estimate of drug-likeness (QED) is 0.775. The van der Waals surface area contributed by atoms with Crippen molar-refractivity contribution in [3.63, 3.8) is 0 Å². The van der Waals surface area contributed by atoms with Gasteiger partial charge in [0, 0.05) is 17.6 Å². The van der Waals surface area contributed by atoms with Crippen LogP contribution in [0.4, 0.5) is 0 Å². The average Bonchev–Trinajstić information content (AvgIpc) is 2.82. The third-order valence-corrected chi connectivity index (χ3v) is 4.14. The van der Waals surface area contributed by atoms with Crippen LogP contribution in [0.1, 0.15) is 28.9 Å². The molecule has 1 amide bonds. The number of amides is 1. The molecule has 0 fully saturated rings. The van der Waals surface area contributed by atoms with E-state index >= 15 is 0 Å². The van der Waals surface area contributed by atoms with Gasteiger partial charge in [0.2, 0.25) is 0 Å². The molecule has 0 saturated heterocycles. The van der Waals surface area contributed by atoms with Gasteiger partial charge in [0.05, 0.1) is 17.1 Å². The topological polar surface area (TPSA) is 66.9 Å². The average molecular weight is 330 g/mol. The van der Waals surface area contributed by atoms with Gasteiger partial charge >= 0.3 is 5.69 Å². The van der Waals surface area contributed by atoms with E-state index in [9.17, 15) is 9.59 Å². The Bertz CT molecular complexity index is 925. The zero-order valence-electron chi connectivity index (χ0n) is 12.8. The number of aromatic nitrogens is 2. The van der Waals surface area contributed by atoms with Gasteiger partial charge in [0.15, 0.2) is 0 Å². The maximum absolute atomic E-state index is 12.4. The number of fused-ring (bicyclic) bond motifs is 1. The van der Waals surface area contributed by atoms with Crippen molar-refractivity contribution in [2.75, 3.05) is 0 Å². The molecule has 0 aliphatic heterocycles. The monoisotopic (exact) mass is 329 g/mol. The number of aryl methyl sites for hydroxylation is 1. The molecule has 23 heavy (non-hydrogen) atoms. The Morgan fingerprint density at radius 1 is 1.22 bits per heavy atom. The van der Waals surface area contributed by atoms with Crippen molar-refractivity contribution >= 4 is 28.5 Å². The van der Waals surface area contributed by atoms with Crippen molar-refractivity contribution in [1.29, 1.82) is 0 Å². The molecule has 0 aliphatic carbocycles. The van der Waals surface area contributed by atoms with E-state index in [-0.39, 0.29) is 17.6 Å². The fraction of sp³-hybridized carbons (Fsp3) is 0.176. The van der Waals surface area contributed by atoms with Gasteiger partial charge in [-0.1, -0.05) is 23.7 Å². The second-order valence-corrected chi connectivity index (χ2v) is 5.90. The number of halogens is 1. The lowest BCUT2D eigenvalue weighted by molar-refractivity contribution is 0.0940. The van der Waals surface area contributed by atoms with Crippen molar-refractivity contribution in [1.82, 2.24) is 14.9 Å². The van der Waals surface area contributed by atoms with E-state index < -0.39 is 0 Å². The fourth-order valence-corrected chi connectivity index (χ4v) is 2.61. The lowest BCUT2D eigenvalue weighted by Crippen LogP contribution is -2.26. The Balaban J connectivity index is 1.84. The summed E-state index contributed by atoms with van der Waals surface area (Å²) in [4.78, 5) is 26.8. The second kappa shape index (κ2) is 5.93. The van der Waals surface area contributed by atoms with Crippen molar-refractivity contribution in [3.8, 4) is 0 Å². The van der Waals surface area contributed by atoms with Gasteiger partial charge in [-0.05, 0) is 42.8 Å². The van der Waals surface area contributed by atoms with Crippen LogP contribution in [-0.4, -0.2) is 15.5 Å². The number of benzene rings is 2. The Morgan fingerprint density at radius 3 is 2.61 bits per heavy atom. The number of imidazole rings is 1. The van der Waals surface area contributed by atoms with Crippen LogP contribution < -0.4 is 11.0 Å². The minimum absolute atomic E-state index is 0.148. The maximum atomic E-state index is 12.4. The number of aromatic amines is 1. The molecule has 2 N–H and O–H groups in total. The van der Waals surface area contributed by atoms with Gasteiger partial charge < -0.3 is 10.3 Å². The predicted molar refractivity (Wildman–Crippen MR) is 90.9 cm³/mol. The first-order chi connectivity index (χ1) is 11.0. The summed E-state index contributed by atoms with van der Waals surface area (Å²) in [7, 11) is 1.67. The van der Waals surface area contributed by atoms with Crippen molar-refractivity contribution < 1.29 is 4.79 Å². The summed E-state index contributed by atoms with van der Waals surface area (Å²) in [6.07, 6.45) is 0. The van der Waals surface area contributed by atoms with Gasteiger partial charge in [-0.25, -0.2) is 4.79 Å². The largest absolute Gasteiger partial charge is 0.346 e. The predicted octanol–water partition coefficient (Wildman–Crippen LogP) is 3.01. The number of carbonyl (C=O) groups excluding carboxylic acids is 1. The van der Waals surface area contributed by atoms with E-state index in [2.05, 4.69) is 10.3 Å². The molecule has 0 aliphatic rings. The number of nitrogens with zero attached hydrogens (tertiary/aromatic N) is 1. The van der Waals surface area contributed by atoms with Crippen LogP contribution in [0, 0.1) is 0 Å². The zero-order chi connectivity index (χ0) is 16.6. The molecule has 5 nitrogen and oxygen atoms in total. The third kappa shape index (κ3) is 3.00. The van der Waals surface area contributed by atoms with Crippen LogP contribution in [0.2, 0.25) is 5.02 Å². The van der Waals surface area contributed by atoms with E-state index in [1.165, 1.54) is 4.57 Å². The fourth-order valence-electron chi connectivity index (χ4n) is 2.48. The SMILES string of the molecule is C[C@@H](NC(=O)c1ccc2[nH]c(=O)n(C)c2c1)c1ccc(Cl)cc1. The van der Waals surface area contributed by atoms with E-state index in [1.807, 2.05) is 19.1 Å². The number of carbonyl (C=O) groups is 1. The molecule has 118 valence electrons. The van der Waals surface area contributed by atoms with Crippen LogP contribution in [0.3, 0.4) is 0 Å². The van der Waals surface area contributed by atoms with Gasteiger partial charge in [0.1, 0.15) is 0 Å². The van der Waals surface area contributed by atoms with Gasteiger partial charge in [-0.15, -0.1) is 0 Å². The number of H-pyrrole nitrogens is 1. The second-order valence-electron chi connectivity index (χ2n) is 5.47. The molecule has 0 spiro atoms. The molecule has 1 aromatic heterocycles. The van der Waals surface area contributed by atoms with Crippen molar-refractivity contribution in [2.24, 2.45) is 7.05 Å². The lowest BCUT2D eigenvalue weighted by Gasteiger charge is -2.14. The van der Waals surface area contributed by atoms with Gasteiger partial charge in [-0.3, -0.25) is 9.36 Å². The summed E-state index contributed by atoms with van der Waals surface area (Å²) in [6.45, 7) is 1.91. The minimum atomic E-state index is -0.202. The molecule has 0 bridgehead atoms. The van der Waals surface area contributed by atoms with E-state index in [4.69, 9.17) is 11.6 Å². The summed E-state index contributed by atoms with van der Waals surface area (Å²) < 4.78 is 1.48. The highest BCUT2D eigenvalue weighted by Crippen LogP contribution is 2.17. The molecule has 2 aromatic carbocycles. The van der Waals surface area contributed by atoms with Crippen LogP contribution in [0.15, 0.2) is 47.3 Å². The summed E-state index contributed by atoms with van der Waals surface area (Å²) in [5.41, 5.74) is 2.68. The standard InChI is InChI=1S/C17H16ClN3O2/c1-10(11-3-6-13(18)7-4-11)19-16(22)12-5-8-14-15(9-12)21(2)17(23)20-14/h3-10H,1-2H3,(H,19,22)(H,20,23)/t10-/m1/s1. The first-order valence-electron chi connectivity index (χ1n) is 7.21. The molecule has 3 rings (SSSR count). The summed E-state index contributed by atoms with van der Waals surface area (Å²) in [6, 6.07) is 12.3. The lowest BCUT2D eigenvalue weighted by atomic mass is 10.1. The highest BCUT2D eigenvalue weighted by Gasteiger charge is 2.13. The molecule has 3 aromatic rings. The van der Waals surface area contributed by atoms with E-state index in [1.54, 1.807) is 37.4 Å². The number of hydrogen-bond donors (Lipinski definition) is 2. The summed E-state index contributed by atoms with van der Waals surface area (Å²) >= 11 is 5.87. The molecule has 0 radical (unpaired) electrons. The van der Waals surface area contributed by atoms with Crippen LogP contribution in [0.25, 0.3) is 11.0 Å². The Hall–Kier alpha value is -2.53.